The molecule has 1 rings (SSSR count). The molecule has 0 atom stereocenters. The van der Waals surface area contributed by atoms with Crippen molar-refractivity contribution in [3.05, 3.63) is 30.3 Å². The van der Waals surface area contributed by atoms with Gasteiger partial charge in [-0.2, -0.15) is 0 Å². The van der Waals surface area contributed by atoms with E-state index < -0.39 is 33.2 Å². The Labute approximate surface area is 105 Å². The van der Waals surface area contributed by atoms with E-state index in [0.717, 1.165) is 0 Å². The predicted molar refractivity (Wildman–Crippen MR) is 67.5 cm³/mol. The molecule has 0 aliphatic rings. The average molecular weight is 270 g/mol. The zero-order valence-electron chi connectivity index (χ0n) is 9.63. The first-order valence-electron chi connectivity index (χ1n) is 5.23. The molecule has 0 bridgehead atoms. The summed E-state index contributed by atoms with van der Waals surface area (Å²) in [4.78, 5) is 21.9. The van der Waals surface area contributed by atoms with E-state index in [2.05, 4.69) is 5.32 Å². The smallest absolute Gasteiger partial charge is 0.239 e. The molecule has 0 heterocycles. The van der Waals surface area contributed by atoms with Gasteiger partial charge in [0.05, 0.1) is 5.75 Å². The van der Waals surface area contributed by atoms with Crippen LogP contribution in [0.2, 0.25) is 0 Å². The summed E-state index contributed by atoms with van der Waals surface area (Å²) in [6.07, 6.45) is -0.277. The standard InChI is InChI=1S/C11H14N2O4S/c12-10(14)6-7-18(16,17)8-11(15)13-9-4-2-1-3-5-9/h1-5H,6-8H2,(H2,12,14)(H,13,15). The van der Waals surface area contributed by atoms with E-state index >= 15 is 0 Å². The first-order chi connectivity index (χ1) is 8.39. The minimum atomic E-state index is -3.61. The molecular formula is C11H14N2O4S. The zero-order chi connectivity index (χ0) is 13.6. The first-order valence-corrected chi connectivity index (χ1v) is 7.05. The molecule has 0 aliphatic heterocycles. The van der Waals surface area contributed by atoms with Gasteiger partial charge in [0.2, 0.25) is 11.8 Å². The molecule has 0 radical (unpaired) electrons. The van der Waals surface area contributed by atoms with Crippen molar-refractivity contribution in [1.29, 1.82) is 0 Å². The second-order valence-electron chi connectivity index (χ2n) is 3.72. The summed E-state index contributed by atoms with van der Waals surface area (Å²) in [6.45, 7) is 0. The zero-order valence-corrected chi connectivity index (χ0v) is 10.4. The Balaban J connectivity index is 2.52. The van der Waals surface area contributed by atoms with Crippen molar-refractivity contribution in [3.8, 4) is 0 Å². The molecule has 0 saturated heterocycles. The quantitative estimate of drug-likeness (QED) is 0.753. The molecule has 1 aromatic rings. The summed E-state index contributed by atoms with van der Waals surface area (Å²) in [6, 6.07) is 8.51. The Bertz CT molecular complexity index is 525. The molecule has 0 unspecified atom stereocenters. The van der Waals surface area contributed by atoms with Crippen LogP contribution in [0.15, 0.2) is 30.3 Å². The van der Waals surface area contributed by atoms with E-state index in [0.29, 0.717) is 5.69 Å². The Morgan fingerprint density at radius 2 is 1.78 bits per heavy atom. The predicted octanol–water partition coefficient (Wildman–Crippen LogP) is -0.0847. The fourth-order valence-corrected chi connectivity index (χ4v) is 2.37. The average Bonchev–Trinajstić information content (AvgIpc) is 2.27. The molecule has 6 nitrogen and oxygen atoms in total. The molecule has 0 spiro atoms. The number of benzene rings is 1. The summed E-state index contributed by atoms with van der Waals surface area (Å²) in [5.41, 5.74) is 5.37. The third kappa shape index (κ3) is 5.44. The first kappa shape index (κ1) is 14.2. The SMILES string of the molecule is NC(=O)CCS(=O)(=O)CC(=O)Nc1ccccc1. The molecule has 18 heavy (non-hydrogen) atoms. The number of rotatable bonds is 6. The highest BCUT2D eigenvalue weighted by Gasteiger charge is 2.17. The summed E-state index contributed by atoms with van der Waals surface area (Å²) in [7, 11) is -3.61. The molecule has 1 aromatic carbocycles. The van der Waals surface area contributed by atoms with Crippen LogP contribution in [0.3, 0.4) is 0 Å². The molecule has 7 heteroatoms. The minimum absolute atomic E-state index is 0.277. The maximum absolute atomic E-state index is 11.5. The lowest BCUT2D eigenvalue weighted by Crippen LogP contribution is -2.26. The normalized spacial score (nSPS) is 10.9. The van der Waals surface area contributed by atoms with Crippen LogP contribution >= 0.6 is 0 Å². The number of hydrogen-bond acceptors (Lipinski definition) is 4. The molecule has 0 saturated carbocycles. The number of anilines is 1. The molecule has 0 aromatic heterocycles. The van der Waals surface area contributed by atoms with Crippen LogP contribution in [-0.2, 0) is 19.4 Å². The van der Waals surface area contributed by atoms with Crippen molar-refractivity contribution in [3.63, 3.8) is 0 Å². The van der Waals surface area contributed by atoms with Crippen molar-refractivity contribution in [2.75, 3.05) is 16.8 Å². The molecule has 98 valence electrons. The lowest BCUT2D eigenvalue weighted by Gasteiger charge is -2.05. The fraction of sp³-hybridized carbons (Fsp3) is 0.273. The van der Waals surface area contributed by atoms with Gasteiger partial charge in [-0.05, 0) is 12.1 Å². The highest BCUT2D eigenvalue weighted by atomic mass is 32.2. The van der Waals surface area contributed by atoms with Crippen LogP contribution < -0.4 is 11.1 Å². The van der Waals surface area contributed by atoms with Crippen molar-refractivity contribution in [2.45, 2.75) is 6.42 Å². The Morgan fingerprint density at radius 3 is 2.33 bits per heavy atom. The van der Waals surface area contributed by atoms with Gasteiger partial charge >= 0.3 is 0 Å². The largest absolute Gasteiger partial charge is 0.370 e. The number of carbonyl (C=O) groups excluding carboxylic acids is 2. The van der Waals surface area contributed by atoms with Gasteiger partial charge in [0.15, 0.2) is 9.84 Å². The van der Waals surface area contributed by atoms with Gasteiger partial charge in [0.1, 0.15) is 5.75 Å². The second-order valence-corrected chi connectivity index (χ2v) is 5.91. The fourth-order valence-electron chi connectivity index (χ4n) is 1.25. The topological polar surface area (TPSA) is 106 Å². The van der Waals surface area contributed by atoms with Crippen LogP contribution in [-0.4, -0.2) is 31.7 Å². The van der Waals surface area contributed by atoms with Crippen molar-refractivity contribution >= 4 is 27.3 Å². The van der Waals surface area contributed by atoms with Crippen LogP contribution in [0.5, 0.6) is 0 Å². The summed E-state index contributed by atoms with van der Waals surface area (Å²) in [5, 5.41) is 2.45. The van der Waals surface area contributed by atoms with Gasteiger partial charge in [0.25, 0.3) is 0 Å². The third-order valence-corrected chi connectivity index (χ3v) is 3.60. The van der Waals surface area contributed by atoms with Gasteiger partial charge in [0, 0.05) is 12.1 Å². The van der Waals surface area contributed by atoms with E-state index in [9.17, 15) is 18.0 Å². The Kier molecular flexibility index (Phi) is 4.85. The van der Waals surface area contributed by atoms with Crippen molar-refractivity contribution in [2.24, 2.45) is 5.73 Å². The summed E-state index contributed by atoms with van der Waals surface area (Å²) < 4.78 is 22.9. The summed E-state index contributed by atoms with van der Waals surface area (Å²) in [5.74, 6) is -2.41. The van der Waals surface area contributed by atoms with Gasteiger partial charge in [-0.1, -0.05) is 18.2 Å². The number of amides is 2. The number of nitrogens with two attached hydrogens (primary N) is 1. The van der Waals surface area contributed by atoms with Gasteiger partial charge in [-0.3, -0.25) is 9.59 Å². The van der Waals surface area contributed by atoms with E-state index in [1.165, 1.54) is 0 Å². The lowest BCUT2D eigenvalue weighted by atomic mass is 10.3. The van der Waals surface area contributed by atoms with Crippen LogP contribution in [0.25, 0.3) is 0 Å². The van der Waals surface area contributed by atoms with Gasteiger partial charge < -0.3 is 11.1 Å². The molecule has 3 N–H and O–H groups in total. The molecule has 0 aliphatic carbocycles. The maximum atomic E-state index is 11.5. The Hall–Kier alpha value is -1.89. The van der Waals surface area contributed by atoms with E-state index in [4.69, 9.17) is 5.73 Å². The molecule has 0 fully saturated rings. The number of sulfone groups is 1. The number of hydrogen-bond donors (Lipinski definition) is 2. The Morgan fingerprint density at radius 1 is 1.17 bits per heavy atom. The van der Waals surface area contributed by atoms with Crippen LogP contribution in [0.4, 0.5) is 5.69 Å². The van der Waals surface area contributed by atoms with E-state index in [1.807, 2.05) is 0 Å². The van der Waals surface area contributed by atoms with Crippen molar-refractivity contribution < 1.29 is 18.0 Å². The second kappa shape index (κ2) is 6.15. The maximum Gasteiger partial charge on any atom is 0.239 e. The number of para-hydroxylation sites is 1. The van der Waals surface area contributed by atoms with E-state index in [-0.39, 0.29) is 6.42 Å². The lowest BCUT2D eigenvalue weighted by molar-refractivity contribution is -0.117. The van der Waals surface area contributed by atoms with Gasteiger partial charge in [-0.15, -0.1) is 0 Å². The molecule has 2 amide bonds. The van der Waals surface area contributed by atoms with Gasteiger partial charge in [-0.25, -0.2) is 8.42 Å². The highest BCUT2D eigenvalue weighted by molar-refractivity contribution is 7.92. The number of primary amides is 1. The molecular weight excluding hydrogens is 256 g/mol. The number of carbonyl (C=O) groups is 2. The van der Waals surface area contributed by atoms with Crippen LogP contribution in [0, 0.1) is 0 Å². The van der Waals surface area contributed by atoms with Crippen LogP contribution in [0.1, 0.15) is 6.42 Å². The summed E-state index contributed by atoms with van der Waals surface area (Å²) >= 11 is 0. The third-order valence-electron chi connectivity index (χ3n) is 2.07. The minimum Gasteiger partial charge on any atom is -0.370 e. The monoisotopic (exact) mass is 270 g/mol. The highest BCUT2D eigenvalue weighted by Crippen LogP contribution is 2.05. The number of nitrogens with one attached hydrogen (secondary N) is 1. The van der Waals surface area contributed by atoms with Crippen molar-refractivity contribution in [1.82, 2.24) is 0 Å². The van der Waals surface area contributed by atoms with E-state index in [1.54, 1.807) is 30.3 Å².